The maximum absolute atomic E-state index is 4.51. The molecule has 5 heteroatoms. The van der Waals surface area contributed by atoms with E-state index in [9.17, 15) is 0 Å². The average Bonchev–Trinajstić information content (AvgIpc) is 2.85. The molecule has 0 saturated heterocycles. The van der Waals surface area contributed by atoms with Gasteiger partial charge in [-0.3, -0.25) is 0 Å². The Kier molecular flexibility index (Phi) is 4.14. The molecular weight excluding hydrogens is 244 g/mol. The Morgan fingerprint density at radius 1 is 1.39 bits per heavy atom. The van der Waals surface area contributed by atoms with E-state index >= 15 is 0 Å². The Hall–Kier alpha value is -1.20. The lowest BCUT2D eigenvalue weighted by Gasteiger charge is -2.11. The Balaban J connectivity index is 2.13. The normalized spacial score (nSPS) is 11.4. The molecule has 0 aliphatic carbocycles. The molecule has 2 rings (SSSR count). The van der Waals surface area contributed by atoms with E-state index in [1.54, 1.807) is 11.3 Å². The van der Waals surface area contributed by atoms with E-state index in [-0.39, 0.29) is 0 Å². The van der Waals surface area contributed by atoms with Crippen LogP contribution >= 0.6 is 11.3 Å². The Morgan fingerprint density at radius 2 is 2.17 bits per heavy atom. The average molecular weight is 264 g/mol. The lowest BCUT2D eigenvalue weighted by atomic mass is 10.3. The lowest BCUT2D eigenvalue weighted by molar-refractivity contribution is 0.560. The van der Waals surface area contributed by atoms with Crippen molar-refractivity contribution in [3.8, 4) is 0 Å². The highest BCUT2D eigenvalue weighted by Crippen LogP contribution is 2.13. The van der Waals surface area contributed by atoms with Crippen molar-refractivity contribution in [2.45, 2.75) is 46.8 Å². The first-order valence-corrected chi connectivity index (χ1v) is 7.09. The molecule has 2 aromatic rings. The number of rotatable bonds is 5. The third kappa shape index (κ3) is 3.17. The third-order valence-electron chi connectivity index (χ3n) is 2.82. The topological polar surface area (TPSA) is 42.7 Å². The van der Waals surface area contributed by atoms with E-state index in [0.29, 0.717) is 6.04 Å². The highest BCUT2D eigenvalue weighted by Gasteiger charge is 2.09. The van der Waals surface area contributed by atoms with Gasteiger partial charge in [-0.25, -0.2) is 9.97 Å². The van der Waals surface area contributed by atoms with Gasteiger partial charge in [-0.05, 0) is 13.8 Å². The number of hydrogen-bond donors (Lipinski definition) is 1. The maximum Gasteiger partial charge on any atom is 0.106 e. The molecule has 0 aliphatic heterocycles. The predicted molar refractivity (Wildman–Crippen MR) is 74.9 cm³/mol. The van der Waals surface area contributed by atoms with Crippen molar-refractivity contribution < 1.29 is 0 Å². The minimum Gasteiger partial charge on any atom is -0.325 e. The summed E-state index contributed by atoms with van der Waals surface area (Å²) in [6, 6.07) is 0.482. The number of nitrogens with one attached hydrogen (secondary N) is 1. The van der Waals surface area contributed by atoms with Gasteiger partial charge < -0.3 is 9.88 Å². The fourth-order valence-corrected chi connectivity index (χ4v) is 2.43. The summed E-state index contributed by atoms with van der Waals surface area (Å²) in [5, 5.41) is 6.66. The fourth-order valence-electron chi connectivity index (χ4n) is 1.82. The van der Waals surface area contributed by atoms with Crippen LogP contribution < -0.4 is 5.32 Å². The minimum atomic E-state index is 0.482. The molecule has 0 aliphatic rings. The standard InChI is InChI=1S/C13H20N4S/c1-9(2)14-5-13-6-15-10(3)17(13)7-12-8-18-11(4)16-12/h6,8-9,14H,5,7H2,1-4H3. The zero-order valence-corrected chi connectivity index (χ0v) is 12.2. The molecule has 0 atom stereocenters. The maximum atomic E-state index is 4.51. The van der Waals surface area contributed by atoms with E-state index in [0.717, 1.165) is 29.6 Å². The fraction of sp³-hybridized carbons (Fsp3) is 0.538. The molecule has 98 valence electrons. The number of aryl methyl sites for hydroxylation is 2. The third-order valence-corrected chi connectivity index (χ3v) is 3.64. The van der Waals surface area contributed by atoms with Gasteiger partial charge in [0, 0.05) is 24.2 Å². The van der Waals surface area contributed by atoms with Gasteiger partial charge in [-0.1, -0.05) is 13.8 Å². The van der Waals surface area contributed by atoms with Gasteiger partial charge in [0.05, 0.1) is 22.9 Å². The second kappa shape index (κ2) is 5.63. The van der Waals surface area contributed by atoms with Gasteiger partial charge in [-0.2, -0.15) is 0 Å². The van der Waals surface area contributed by atoms with Crippen molar-refractivity contribution in [1.82, 2.24) is 19.9 Å². The van der Waals surface area contributed by atoms with Crippen LogP contribution in [0.5, 0.6) is 0 Å². The van der Waals surface area contributed by atoms with Crippen LogP contribution in [0.15, 0.2) is 11.6 Å². The molecule has 0 spiro atoms. The summed E-state index contributed by atoms with van der Waals surface area (Å²) in [6.45, 7) is 10.0. The van der Waals surface area contributed by atoms with Crippen LogP contribution in [-0.2, 0) is 13.1 Å². The number of nitrogens with zero attached hydrogens (tertiary/aromatic N) is 3. The molecular formula is C13H20N4S. The van der Waals surface area contributed by atoms with E-state index < -0.39 is 0 Å². The SMILES string of the molecule is Cc1nc(Cn2c(CNC(C)C)cnc2C)cs1. The van der Waals surface area contributed by atoms with E-state index in [2.05, 4.69) is 39.1 Å². The molecule has 0 unspecified atom stereocenters. The van der Waals surface area contributed by atoms with E-state index in [4.69, 9.17) is 0 Å². The first kappa shape index (κ1) is 13.2. The Labute approximate surface area is 112 Å². The summed E-state index contributed by atoms with van der Waals surface area (Å²) >= 11 is 1.70. The van der Waals surface area contributed by atoms with Crippen molar-refractivity contribution in [2.75, 3.05) is 0 Å². The minimum absolute atomic E-state index is 0.482. The molecule has 1 N–H and O–H groups in total. The number of hydrogen-bond acceptors (Lipinski definition) is 4. The molecule has 0 aromatic carbocycles. The summed E-state index contributed by atoms with van der Waals surface area (Å²) in [6.07, 6.45) is 1.95. The monoisotopic (exact) mass is 264 g/mol. The summed E-state index contributed by atoms with van der Waals surface area (Å²) in [7, 11) is 0. The van der Waals surface area contributed by atoms with Gasteiger partial charge >= 0.3 is 0 Å². The van der Waals surface area contributed by atoms with Gasteiger partial charge in [0.25, 0.3) is 0 Å². The van der Waals surface area contributed by atoms with Crippen LogP contribution in [0.25, 0.3) is 0 Å². The van der Waals surface area contributed by atoms with Crippen LogP contribution in [0.1, 0.15) is 36.1 Å². The van der Waals surface area contributed by atoms with Crippen molar-refractivity contribution in [3.63, 3.8) is 0 Å². The second-order valence-electron chi connectivity index (χ2n) is 4.78. The summed E-state index contributed by atoms with van der Waals surface area (Å²) in [4.78, 5) is 8.91. The summed E-state index contributed by atoms with van der Waals surface area (Å²) in [5.41, 5.74) is 2.33. The predicted octanol–water partition coefficient (Wildman–Crippen LogP) is 2.50. The van der Waals surface area contributed by atoms with Crippen LogP contribution in [0.2, 0.25) is 0 Å². The Morgan fingerprint density at radius 3 is 2.78 bits per heavy atom. The van der Waals surface area contributed by atoms with Crippen LogP contribution in [0.3, 0.4) is 0 Å². The number of thiazole rings is 1. The zero-order chi connectivity index (χ0) is 13.1. The summed E-state index contributed by atoms with van der Waals surface area (Å²) < 4.78 is 2.23. The van der Waals surface area contributed by atoms with Gasteiger partial charge in [0.15, 0.2) is 0 Å². The van der Waals surface area contributed by atoms with Crippen LogP contribution in [0, 0.1) is 13.8 Å². The smallest absolute Gasteiger partial charge is 0.106 e. The lowest BCUT2D eigenvalue weighted by Crippen LogP contribution is -2.23. The van der Waals surface area contributed by atoms with E-state index in [1.165, 1.54) is 5.69 Å². The molecule has 2 heterocycles. The van der Waals surface area contributed by atoms with Gasteiger partial charge in [0.2, 0.25) is 0 Å². The molecule has 18 heavy (non-hydrogen) atoms. The first-order chi connectivity index (χ1) is 8.56. The van der Waals surface area contributed by atoms with Crippen molar-refractivity contribution >= 4 is 11.3 Å². The highest BCUT2D eigenvalue weighted by atomic mass is 32.1. The molecule has 0 radical (unpaired) electrons. The molecule has 0 bridgehead atoms. The van der Waals surface area contributed by atoms with Gasteiger partial charge in [0.1, 0.15) is 5.82 Å². The summed E-state index contributed by atoms with van der Waals surface area (Å²) in [5.74, 6) is 1.04. The highest BCUT2D eigenvalue weighted by molar-refractivity contribution is 7.09. The zero-order valence-electron chi connectivity index (χ0n) is 11.4. The van der Waals surface area contributed by atoms with Crippen LogP contribution in [0.4, 0.5) is 0 Å². The Bertz CT molecular complexity index is 513. The second-order valence-corrected chi connectivity index (χ2v) is 5.84. The van der Waals surface area contributed by atoms with E-state index in [1.807, 2.05) is 20.0 Å². The molecule has 4 nitrogen and oxygen atoms in total. The number of aromatic nitrogens is 3. The quantitative estimate of drug-likeness (QED) is 0.902. The molecule has 2 aromatic heterocycles. The van der Waals surface area contributed by atoms with Crippen molar-refractivity contribution in [1.29, 1.82) is 0 Å². The largest absolute Gasteiger partial charge is 0.325 e. The first-order valence-electron chi connectivity index (χ1n) is 6.21. The number of imidazole rings is 1. The molecule has 0 saturated carbocycles. The molecule has 0 fully saturated rings. The molecule has 0 amide bonds. The van der Waals surface area contributed by atoms with Crippen molar-refractivity contribution in [3.05, 3.63) is 33.8 Å². The van der Waals surface area contributed by atoms with Crippen molar-refractivity contribution in [2.24, 2.45) is 0 Å². The van der Waals surface area contributed by atoms with Gasteiger partial charge in [-0.15, -0.1) is 11.3 Å². The van der Waals surface area contributed by atoms with Crippen LogP contribution in [-0.4, -0.2) is 20.6 Å².